The van der Waals surface area contributed by atoms with E-state index in [1.54, 1.807) is 0 Å². The number of nitrogens with one attached hydrogen (secondary N) is 1. The van der Waals surface area contributed by atoms with Gasteiger partial charge in [0.15, 0.2) is 0 Å². The highest BCUT2D eigenvalue weighted by Crippen LogP contribution is 2.17. The minimum Gasteiger partial charge on any atom is -0.315 e. The molecule has 0 aliphatic carbocycles. The first kappa shape index (κ1) is 12.9. The second kappa shape index (κ2) is 5.61. The van der Waals surface area contributed by atoms with Gasteiger partial charge >= 0.3 is 0 Å². The minimum atomic E-state index is 0.316. The van der Waals surface area contributed by atoms with Crippen LogP contribution in [0, 0.1) is 0 Å². The molecule has 80 valence electrons. The van der Waals surface area contributed by atoms with E-state index in [4.69, 9.17) is 0 Å². The lowest BCUT2D eigenvalue weighted by Gasteiger charge is -2.36. The SMILES string of the molecule is CC.CN(C1CCNC1)C(C)(C)C. The molecule has 1 rings (SSSR count). The summed E-state index contributed by atoms with van der Waals surface area (Å²) in [7, 11) is 2.22. The van der Waals surface area contributed by atoms with Gasteiger partial charge in [0.1, 0.15) is 0 Å². The van der Waals surface area contributed by atoms with Gasteiger partial charge in [-0.15, -0.1) is 0 Å². The summed E-state index contributed by atoms with van der Waals surface area (Å²) in [6.07, 6.45) is 1.30. The average molecular weight is 186 g/mol. The van der Waals surface area contributed by atoms with Gasteiger partial charge in [-0.25, -0.2) is 0 Å². The van der Waals surface area contributed by atoms with Crippen LogP contribution in [0.2, 0.25) is 0 Å². The molecule has 1 N–H and O–H groups in total. The van der Waals surface area contributed by atoms with Gasteiger partial charge in [0, 0.05) is 18.1 Å². The van der Waals surface area contributed by atoms with Gasteiger partial charge in [-0.1, -0.05) is 13.8 Å². The monoisotopic (exact) mass is 186 g/mol. The van der Waals surface area contributed by atoms with Gasteiger partial charge in [0.2, 0.25) is 0 Å². The number of likely N-dealkylation sites (N-methyl/N-ethyl adjacent to an activating group) is 1. The van der Waals surface area contributed by atoms with Crippen LogP contribution in [0.5, 0.6) is 0 Å². The summed E-state index contributed by atoms with van der Waals surface area (Å²) < 4.78 is 0. The van der Waals surface area contributed by atoms with Crippen LogP contribution in [0.4, 0.5) is 0 Å². The van der Waals surface area contributed by atoms with Crippen molar-refractivity contribution in [3.63, 3.8) is 0 Å². The first-order valence-corrected chi connectivity index (χ1v) is 5.45. The van der Waals surface area contributed by atoms with E-state index >= 15 is 0 Å². The maximum Gasteiger partial charge on any atom is 0.0234 e. The summed E-state index contributed by atoms with van der Waals surface area (Å²) in [5.41, 5.74) is 0.316. The van der Waals surface area contributed by atoms with E-state index in [-0.39, 0.29) is 0 Å². The Labute approximate surface area is 83.7 Å². The fourth-order valence-electron chi connectivity index (χ4n) is 1.52. The Morgan fingerprint density at radius 3 is 2.08 bits per heavy atom. The van der Waals surface area contributed by atoms with Gasteiger partial charge in [-0.2, -0.15) is 0 Å². The molecule has 1 saturated heterocycles. The molecular weight excluding hydrogens is 160 g/mol. The molecule has 0 aromatic rings. The van der Waals surface area contributed by atoms with Crippen LogP contribution in [0.3, 0.4) is 0 Å². The van der Waals surface area contributed by atoms with Gasteiger partial charge < -0.3 is 5.32 Å². The molecule has 2 heteroatoms. The van der Waals surface area contributed by atoms with Crippen molar-refractivity contribution in [3.8, 4) is 0 Å². The molecular formula is C11H26N2. The maximum absolute atomic E-state index is 3.38. The number of nitrogens with zero attached hydrogens (tertiary/aromatic N) is 1. The highest BCUT2D eigenvalue weighted by Gasteiger charge is 2.26. The first-order chi connectivity index (χ1) is 6.02. The van der Waals surface area contributed by atoms with Crippen LogP contribution < -0.4 is 5.32 Å². The topological polar surface area (TPSA) is 15.3 Å². The predicted octanol–water partition coefficient (Wildman–Crippen LogP) is 2.10. The molecule has 2 nitrogen and oxygen atoms in total. The Morgan fingerprint density at radius 2 is 1.77 bits per heavy atom. The highest BCUT2D eigenvalue weighted by molar-refractivity contribution is 4.85. The first-order valence-electron chi connectivity index (χ1n) is 5.45. The molecule has 0 radical (unpaired) electrons. The van der Waals surface area contributed by atoms with Crippen LogP contribution in [-0.4, -0.2) is 36.6 Å². The van der Waals surface area contributed by atoms with E-state index in [1.165, 1.54) is 13.0 Å². The van der Waals surface area contributed by atoms with E-state index in [9.17, 15) is 0 Å². The largest absolute Gasteiger partial charge is 0.315 e. The van der Waals surface area contributed by atoms with E-state index in [0.29, 0.717) is 5.54 Å². The lowest BCUT2D eigenvalue weighted by molar-refractivity contribution is 0.126. The van der Waals surface area contributed by atoms with Crippen molar-refractivity contribution in [2.24, 2.45) is 0 Å². The van der Waals surface area contributed by atoms with Crippen molar-refractivity contribution >= 4 is 0 Å². The summed E-state index contributed by atoms with van der Waals surface area (Å²) >= 11 is 0. The summed E-state index contributed by atoms with van der Waals surface area (Å²) in [4.78, 5) is 2.47. The van der Waals surface area contributed by atoms with Crippen LogP contribution >= 0.6 is 0 Å². The lowest BCUT2D eigenvalue weighted by atomic mass is 10.0. The fourth-order valence-corrected chi connectivity index (χ4v) is 1.52. The van der Waals surface area contributed by atoms with Crippen LogP contribution in [0.25, 0.3) is 0 Å². The zero-order valence-electron chi connectivity index (χ0n) is 10.1. The summed E-state index contributed by atoms with van der Waals surface area (Å²) in [6, 6.07) is 0.745. The number of rotatable bonds is 1. The molecule has 0 bridgehead atoms. The molecule has 0 spiro atoms. The lowest BCUT2D eigenvalue weighted by Crippen LogP contribution is -2.46. The number of hydrogen-bond donors (Lipinski definition) is 1. The zero-order valence-corrected chi connectivity index (χ0v) is 10.1. The van der Waals surface area contributed by atoms with Crippen LogP contribution in [0.1, 0.15) is 41.0 Å². The molecule has 0 amide bonds. The molecule has 0 aromatic heterocycles. The molecule has 1 heterocycles. The summed E-state index contributed by atoms with van der Waals surface area (Å²) in [5.74, 6) is 0. The Morgan fingerprint density at radius 1 is 1.23 bits per heavy atom. The van der Waals surface area contributed by atoms with Gasteiger partial charge in [0.05, 0.1) is 0 Å². The van der Waals surface area contributed by atoms with Gasteiger partial charge in [-0.3, -0.25) is 4.90 Å². The second-order valence-electron chi connectivity index (χ2n) is 4.43. The van der Waals surface area contributed by atoms with Crippen molar-refractivity contribution in [3.05, 3.63) is 0 Å². The zero-order chi connectivity index (χ0) is 10.5. The molecule has 13 heavy (non-hydrogen) atoms. The normalized spacial score (nSPS) is 22.8. The third-order valence-corrected chi connectivity index (χ3v) is 2.64. The second-order valence-corrected chi connectivity index (χ2v) is 4.43. The van der Waals surface area contributed by atoms with Crippen molar-refractivity contribution in [2.45, 2.75) is 52.6 Å². The Bertz CT molecular complexity index is 121. The van der Waals surface area contributed by atoms with E-state index in [2.05, 4.69) is 38.0 Å². The molecule has 0 aromatic carbocycles. The van der Waals surface area contributed by atoms with E-state index in [1.807, 2.05) is 13.8 Å². The van der Waals surface area contributed by atoms with Crippen molar-refractivity contribution in [2.75, 3.05) is 20.1 Å². The average Bonchev–Trinajstić information content (AvgIpc) is 2.57. The molecule has 1 atom stereocenters. The molecule has 1 fully saturated rings. The maximum atomic E-state index is 3.38. The summed E-state index contributed by atoms with van der Waals surface area (Å²) in [5, 5.41) is 3.38. The third kappa shape index (κ3) is 4.10. The Kier molecular flexibility index (Phi) is 5.57. The molecule has 1 unspecified atom stereocenters. The van der Waals surface area contributed by atoms with Crippen molar-refractivity contribution < 1.29 is 0 Å². The fraction of sp³-hybridized carbons (Fsp3) is 1.00. The Hall–Kier alpha value is -0.0800. The molecule has 1 aliphatic rings. The van der Waals surface area contributed by atoms with E-state index in [0.717, 1.165) is 12.6 Å². The summed E-state index contributed by atoms with van der Waals surface area (Å²) in [6.45, 7) is 13.2. The number of hydrogen-bond acceptors (Lipinski definition) is 2. The van der Waals surface area contributed by atoms with E-state index < -0.39 is 0 Å². The molecule has 0 saturated carbocycles. The smallest absolute Gasteiger partial charge is 0.0234 e. The highest BCUT2D eigenvalue weighted by atomic mass is 15.2. The van der Waals surface area contributed by atoms with Crippen LogP contribution in [0.15, 0.2) is 0 Å². The Balaban J connectivity index is 0.000000671. The van der Waals surface area contributed by atoms with Crippen LogP contribution in [-0.2, 0) is 0 Å². The van der Waals surface area contributed by atoms with Gasteiger partial charge in [-0.05, 0) is 40.8 Å². The standard InChI is InChI=1S/C9H20N2.C2H6/c1-9(2,3)11(4)8-5-6-10-7-8;1-2/h8,10H,5-7H2,1-4H3;1-2H3. The third-order valence-electron chi connectivity index (χ3n) is 2.64. The minimum absolute atomic E-state index is 0.316. The predicted molar refractivity (Wildman–Crippen MR) is 60.1 cm³/mol. The van der Waals surface area contributed by atoms with Crippen molar-refractivity contribution in [1.29, 1.82) is 0 Å². The van der Waals surface area contributed by atoms with Gasteiger partial charge in [0.25, 0.3) is 0 Å². The molecule has 1 aliphatic heterocycles. The quantitative estimate of drug-likeness (QED) is 0.674. The van der Waals surface area contributed by atoms with Crippen molar-refractivity contribution in [1.82, 2.24) is 10.2 Å².